The van der Waals surface area contributed by atoms with Crippen molar-refractivity contribution in [3.05, 3.63) is 34.9 Å². The quantitative estimate of drug-likeness (QED) is 0.788. The summed E-state index contributed by atoms with van der Waals surface area (Å²) in [4.78, 5) is 0. The van der Waals surface area contributed by atoms with Gasteiger partial charge in [0.05, 0.1) is 0 Å². The summed E-state index contributed by atoms with van der Waals surface area (Å²) in [6.07, 6.45) is 3.01. The average molecular weight is 219 g/mol. The van der Waals surface area contributed by atoms with Gasteiger partial charge in [-0.1, -0.05) is 23.8 Å². The van der Waals surface area contributed by atoms with Crippen molar-refractivity contribution in [3.8, 4) is 0 Å². The van der Waals surface area contributed by atoms with Gasteiger partial charge in [0.2, 0.25) is 0 Å². The van der Waals surface area contributed by atoms with E-state index in [2.05, 4.69) is 32.0 Å². The molecule has 1 unspecified atom stereocenters. The number of hydrogen-bond acceptors (Lipinski definition) is 2. The Labute approximate surface area is 97.8 Å². The first kappa shape index (κ1) is 11.6. The van der Waals surface area contributed by atoms with Gasteiger partial charge in [-0.3, -0.25) is 0 Å². The second kappa shape index (κ2) is 4.56. The molecule has 88 valence electrons. The summed E-state index contributed by atoms with van der Waals surface area (Å²) >= 11 is 0. The summed E-state index contributed by atoms with van der Waals surface area (Å²) in [5.41, 5.74) is 10.3. The summed E-state index contributed by atoms with van der Waals surface area (Å²) in [5.74, 6) is 0. The lowest BCUT2D eigenvalue weighted by atomic mass is 9.81. The SMILES string of the molecule is Cc1ccc(C2(N)CCCOCC2)c(C)c1. The zero-order valence-electron chi connectivity index (χ0n) is 10.3. The molecule has 1 fully saturated rings. The van der Waals surface area contributed by atoms with Crippen LogP contribution in [0.1, 0.15) is 36.0 Å². The summed E-state index contributed by atoms with van der Waals surface area (Å²) < 4.78 is 5.49. The summed E-state index contributed by atoms with van der Waals surface area (Å²) in [6, 6.07) is 6.56. The fourth-order valence-corrected chi connectivity index (χ4v) is 2.61. The maximum absolute atomic E-state index is 6.55. The molecule has 0 amide bonds. The van der Waals surface area contributed by atoms with E-state index in [0.29, 0.717) is 0 Å². The van der Waals surface area contributed by atoms with E-state index in [1.807, 2.05) is 0 Å². The van der Waals surface area contributed by atoms with Crippen LogP contribution in [0.3, 0.4) is 0 Å². The Morgan fingerprint density at radius 2 is 2.00 bits per heavy atom. The second-order valence-corrected chi connectivity index (χ2v) is 4.94. The van der Waals surface area contributed by atoms with Crippen LogP contribution >= 0.6 is 0 Å². The van der Waals surface area contributed by atoms with E-state index >= 15 is 0 Å². The number of ether oxygens (including phenoxy) is 1. The molecular weight excluding hydrogens is 198 g/mol. The van der Waals surface area contributed by atoms with E-state index in [4.69, 9.17) is 10.5 Å². The number of hydrogen-bond donors (Lipinski definition) is 1. The molecule has 1 aromatic rings. The molecule has 1 atom stereocenters. The van der Waals surface area contributed by atoms with E-state index in [-0.39, 0.29) is 5.54 Å². The molecule has 1 aromatic carbocycles. The molecule has 1 heterocycles. The Balaban J connectivity index is 2.33. The van der Waals surface area contributed by atoms with Crippen molar-refractivity contribution in [1.82, 2.24) is 0 Å². The number of benzene rings is 1. The first-order valence-corrected chi connectivity index (χ1v) is 6.06. The fourth-order valence-electron chi connectivity index (χ4n) is 2.61. The normalized spacial score (nSPS) is 26.4. The summed E-state index contributed by atoms with van der Waals surface area (Å²) in [7, 11) is 0. The third-order valence-corrected chi connectivity index (χ3v) is 3.52. The molecule has 2 heteroatoms. The highest BCUT2D eigenvalue weighted by atomic mass is 16.5. The fraction of sp³-hybridized carbons (Fsp3) is 0.571. The Bertz CT molecular complexity index is 365. The minimum absolute atomic E-state index is 0.186. The minimum Gasteiger partial charge on any atom is -0.381 e. The molecule has 2 nitrogen and oxygen atoms in total. The molecule has 0 aliphatic carbocycles. The summed E-state index contributed by atoms with van der Waals surface area (Å²) in [6.45, 7) is 5.91. The average Bonchev–Trinajstić information content (AvgIpc) is 2.43. The van der Waals surface area contributed by atoms with Crippen molar-refractivity contribution < 1.29 is 4.74 Å². The Morgan fingerprint density at radius 3 is 2.75 bits per heavy atom. The summed E-state index contributed by atoms with van der Waals surface area (Å²) in [5, 5.41) is 0. The van der Waals surface area contributed by atoms with Gasteiger partial charge in [0, 0.05) is 18.8 Å². The molecule has 1 saturated heterocycles. The van der Waals surface area contributed by atoms with Gasteiger partial charge in [-0.05, 0) is 44.2 Å². The van der Waals surface area contributed by atoms with Crippen LogP contribution in [0.4, 0.5) is 0 Å². The predicted molar refractivity (Wildman–Crippen MR) is 66.5 cm³/mol. The number of aryl methyl sites for hydroxylation is 2. The Hall–Kier alpha value is -0.860. The topological polar surface area (TPSA) is 35.2 Å². The van der Waals surface area contributed by atoms with Crippen LogP contribution in [0.25, 0.3) is 0 Å². The molecule has 0 spiro atoms. The number of nitrogens with two attached hydrogens (primary N) is 1. The van der Waals surface area contributed by atoms with Crippen molar-refractivity contribution in [2.75, 3.05) is 13.2 Å². The molecule has 1 aliphatic rings. The van der Waals surface area contributed by atoms with Crippen molar-refractivity contribution >= 4 is 0 Å². The third-order valence-electron chi connectivity index (χ3n) is 3.52. The van der Waals surface area contributed by atoms with E-state index in [1.165, 1.54) is 16.7 Å². The first-order valence-electron chi connectivity index (χ1n) is 6.06. The maximum Gasteiger partial charge on any atom is 0.0486 e. The maximum atomic E-state index is 6.55. The molecule has 0 aromatic heterocycles. The molecule has 0 saturated carbocycles. The van der Waals surface area contributed by atoms with Crippen molar-refractivity contribution in [2.45, 2.75) is 38.6 Å². The van der Waals surface area contributed by atoms with E-state index in [0.717, 1.165) is 32.5 Å². The Kier molecular flexibility index (Phi) is 3.31. The van der Waals surface area contributed by atoms with E-state index in [1.54, 1.807) is 0 Å². The van der Waals surface area contributed by atoms with Gasteiger partial charge in [0.25, 0.3) is 0 Å². The molecule has 2 N–H and O–H groups in total. The van der Waals surface area contributed by atoms with Crippen LogP contribution in [0.5, 0.6) is 0 Å². The third kappa shape index (κ3) is 2.28. The zero-order valence-corrected chi connectivity index (χ0v) is 10.3. The minimum atomic E-state index is -0.186. The van der Waals surface area contributed by atoms with Crippen LogP contribution in [0.15, 0.2) is 18.2 Å². The van der Waals surface area contributed by atoms with Crippen LogP contribution in [0, 0.1) is 13.8 Å². The predicted octanol–water partition coefficient (Wildman–Crippen LogP) is 2.66. The molecule has 2 rings (SSSR count). The Morgan fingerprint density at radius 1 is 1.19 bits per heavy atom. The van der Waals surface area contributed by atoms with Crippen molar-refractivity contribution in [1.29, 1.82) is 0 Å². The smallest absolute Gasteiger partial charge is 0.0486 e. The lowest BCUT2D eigenvalue weighted by Crippen LogP contribution is -2.37. The molecule has 1 aliphatic heterocycles. The highest BCUT2D eigenvalue weighted by molar-refractivity contribution is 5.35. The standard InChI is InChI=1S/C14H21NO/c1-11-4-5-13(12(2)10-11)14(15)6-3-8-16-9-7-14/h4-5,10H,3,6-9,15H2,1-2H3. The van der Waals surface area contributed by atoms with Gasteiger partial charge < -0.3 is 10.5 Å². The lowest BCUT2D eigenvalue weighted by Gasteiger charge is -2.30. The number of rotatable bonds is 1. The van der Waals surface area contributed by atoms with Gasteiger partial charge in [0.15, 0.2) is 0 Å². The van der Waals surface area contributed by atoms with E-state index in [9.17, 15) is 0 Å². The van der Waals surface area contributed by atoms with Gasteiger partial charge in [0.1, 0.15) is 0 Å². The highest BCUT2D eigenvalue weighted by Gasteiger charge is 2.29. The van der Waals surface area contributed by atoms with Gasteiger partial charge in [-0.2, -0.15) is 0 Å². The van der Waals surface area contributed by atoms with Gasteiger partial charge in [-0.15, -0.1) is 0 Å². The van der Waals surface area contributed by atoms with Crippen LogP contribution < -0.4 is 5.73 Å². The van der Waals surface area contributed by atoms with Crippen LogP contribution in [-0.2, 0) is 10.3 Å². The van der Waals surface area contributed by atoms with Crippen molar-refractivity contribution in [3.63, 3.8) is 0 Å². The zero-order chi connectivity index (χ0) is 11.6. The highest BCUT2D eigenvalue weighted by Crippen LogP contribution is 2.32. The first-order chi connectivity index (χ1) is 7.62. The largest absolute Gasteiger partial charge is 0.381 e. The molecular formula is C14H21NO. The van der Waals surface area contributed by atoms with Crippen LogP contribution in [0.2, 0.25) is 0 Å². The van der Waals surface area contributed by atoms with Gasteiger partial charge in [-0.25, -0.2) is 0 Å². The monoisotopic (exact) mass is 219 g/mol. The van der Waals surface area contributed by atoms with Crippen molar-refractivity contribution in [2.24, 2.45) is 5.73 Å². The van der Waals surface area contributed by atoms with Gasteiger partial charge >= 0.3 is 0 Å². The molecule has 16 heavy (non-hydrogen) atoms. The lowest BCUT2D eigenvalue weighted by molar-refractivity contribution is 0.139. The molecule has 0 bridgehead atoms. The molecule has 0 radical (unpaired) electrons. The van der Waals surface area contributed by atoms with Crippen LogP contribution in [-0.4, -0.2) is 13.2 Å². The van der Waals surface area contributed by atoms with E-state index < -0.39 is 0 Å². The second-order valence-electron chi connectivity index (χ2n) is 4.94.